The molecular formula is C53H41NO. The molecule has 11 rings (SSSR count). The Morgan fingerprint density at radius 1 is 0.418 bits per heavy atom. The zero-order valence-electron chi connectivity index (χ0n) is 31.9. The van der Waals surface area contributed by atoms with Crippen molar-refractivity contribution in [1.29, 1.82) is 0 Å². The Hall–Kier alpha value is -6.38. The van der Waals surface area contributed by atoms with E-state index < -0.39 is 0 Å². The van der Waals surface area contributed by atoms with Gasteiger partial charge in [0.05, 0.1) is 11.4 Å². The van der Waals surface area contributed by atoms with Crippen LogP contribution in [0.4, 0.5) is 17.1 Å². The number of anilines is 3. The lowest BCUT2D eigenvalue weighted by Crippen LogP contribution is -2.24. The molecule has 0 bridgehead atoms. The second-order valence-corrected chi connectivity index (χ2v) is 16.5. The number of fused-ring (bicyclic) bond motifs is 12. The van der Waals surface area contributed by atoms with Crippen molar-refractivity contribution in [2.45, 2.75) is 45.4 Å². The molecule has 2 nitrogen and oxygen atoms in total. The summed E-state index contributed by atoms with van der Waals surface area (Å²) in [6.07, 6.45) is 0. The maximum Gasteiger partial charge on any atom is 0.159 e. The molecule has 8 aromatic carbocycles. The van der Waals surface area contributed by atoms with Gasteiger partial charge in [-0.05, 0) is 86.1 Å². The average molecular weight is 708 g/mol. The highest BCUT2D eigenvalue weighted by atomic mass is 16.3. The molecule has 0 spiro atoms. The highest BCUT2D eigenvalue weighted by molar-refractivity contribution is 6.16. The van der Waals surface area contributed by atoms with Gasteiger partial charge in [0.25, 0.3) is 0 Å². The molecule has 0 fully saturated rings. The van der Waals surface area contributed by atoms with Crippen LogP contribution < -0.4 is 4.90 Å². The Labute approximate surface area is 322 Å². The number of rotatable bonds is 4. The molecular weight excluding hydrogens is 667 g/mol. The maximum absolute atomic E-state index is 7.09. The van der Waals surface area contributed by atoms with Gasteiger partial charge in [0.1, 0.15) is 5.58 Å². The average Bonchev–Trinajstić information content (AvgIpc) is 3.79. The van der Waals surface area contributed by atoms with Gasteiger partial charge in [-0.25, -0.2) is 0 Å². The van der Waals surface area contributed by atoms with E-state index in [0.29, 0.717) is 0 Å². The normalized spacial score (nSPS) is 14.6. The Kier molecular flexibility index (Phi) is 6.60. The molecule has 0 saturated carbocycles. The Balaban J connectivity index is 1.21. The molecule has 0 N–H and O–H groups in total. The van der Waals surface area contributed by atoms with Crippen molar-refractivity contribution >= 4 is 49.8 Å². The first-order valence-electron chi connectivity index (χ1n) is 19.4. The first-order valence-corrected chi connectivity index (χ1v) is 19.4. The fourth-order valence-electron chi connectivity index (χ4n) is 10.2. The number of hydrogen-bond donors (Lipinski definition) is 0. The van der Waals surface area contributed by atoms with Crippen LogP contribution in [0.15, 0.2) is 162 Å². The monoisotopic (exact) mass is 707 g/mol. The standard InChI is InChI=1S/C53H41NO/c1-32-17-9-14-27-44(32)54(45-28-16-25-40-39-24-15-23-34(50(39)55-51(40)45)33-18-7-6-8-19-33)46-31-43-47(37-22-11-10-21-36(37)46)41-30-29-38-35-20-12-13-26-42(35)52(2,3)48(38)49(41)53(43,4)5/h6-31H,1-5H3. The smallest absolute Gasteiger partial charge is 0.159 e. The first kappa shape index (κ1) is 32.1. The van der Waals surface area contributed by atoms with Crippen LogP contribution in [0.25, 0.3) is 66.1 Å². The van der Waals surface area contributed by atoms with Crippen molar-refractivity contribution in [3.05, 3.63) is 186 Å². The van der Waals surface area contributed by atoms with Gasteiger partial charge in [-0.15, -0.1) is 0 Å². The second-order valence-electron chi connectivity index (χ2n) is 16.5. The number of nitrogens with zero attached hydrogens (tertiary/aromatic N) is 1. The molecule has 2 aliphatic rings. The van der Waals surface area contributed by atoms with Gasteiger partial charge in [0.2, 0.25) is 0 Å². The quantitative estimate of drug-likeness (QED) is 0.181. The molecule has 0 atom stereocenters. The van der Waals surface area contributed by atoms with Crippen molar-refractivity contribution in [3.8, 4) is 33.4 Å². The van der Waals surface area contributed by atoms with Crippen LogP contribution in [0.3, 0.4) is 0 Å². The molecule has 1 aromatic heterocycles. The fraction of sp³-hybridized carbons (Fsp3) is 0.132. The minimum absolute atomic E-state index is 0.113. The molecule has 0 amide bonds. The summed E-state index contributed by atoms with van der Waals surface area (Å²) in [5.41, 5.74) is 19.3. The summed E-state index contributed by atoms with van der Waals surface area (Å²) in [6.45, 7) is 11.9. The molecule has 0 aliphatic heterocycles. The van der Waals surface area contributed by atoms with Gasteiger partial charge in [-0.3, -0.25) is 0 Å². The highest BCUT2D eigenvalue weighted by Gasteiger charge is 2.46. The van der Waals surface area contributed by atoms with Crippen LogP contribution in [0, 0.1) is 6.92 Å². The number of benzene rings is 8. The first-order chi connectivity index (χ1) is 26.7. The third-order valence-electron chi connectivity index (χ3n) is 12.7. The third-order valence-corrected chi connectivity index (χ3v) is 12.7. The fourth-order valence-corrected chi connectivity index (χ4v) is 10.2. The number of furan rings is 1. The Bertz CT molecular complexity index is 3050. The van der Waals surface area contributed by atoms with Crippen molar-refractivity contribution in [3.63, 3.8) is 0 Å². The molecule has 0 radical (unpaired) electrons. The van der Waals surface area contributed by atoms with E-state index in [1.165, 1.54) is 60.8 Å². The number of para-hydroxylation sites is 3. The van der Waals surface area contributed by atoms with Gasteiger partial charge in [-0.1, -0.05) is 167 Å². The molecule has 2 aliphatic carbocycles. The van der Waals surface area contributed by atoms with E-state index in [2.05, 4.69) is 197 Å². The third kappa shape index (κ3) is 4.31. The van der Waals surface area contributed by atoms with Crippen molar-refractivity contribution in [2.75, 3.05) is 4.90 Å². The summed E-state index contributed by atoms with van der Waals surface area (Å²) in [5.74, 6) is 0. The predicted molar refractivity (Wildman–Crippen MR) is 231 cm³/mol. The van der Waals surface area contributed by atoms with E-state index in [4.69, 9.17) is 4.42 Å². The van der Waals surface area contributed by atoms with Gasteiger partial charge in [0, 0.05) is 38.2 Å². The maximum atomic E-state index is 7.09. The highest BCUT2D eigenvalue weighted by Crippen LogP contribution is 2.61. The zero-order chi connectivity index (χ0) is 37.2. The van der Waals surface area contributed by atoms with Crippen molar-refractivity contribution in [2.24, 2.45) is 0 Å². The van der Waals surface area contributed by atoms with E-state index in [1.54, 1.807) is 0 Å². The van der Waals surface area contributed by atoms with E-state index in [0.717, 1.165) is 50.1 Å². The number of hydrogen-bond acceptors (Lipinski definition) is 2. The van der Waals surface area contributed by atoms with Gasteiger partial charge in [-0.2, -0.15) is 0 Å². The molecule has 55 heavy (non-hydrogen) atoms. The van der Waals surface area contributed by atoms with Gasteiger partial charge < -0.3 is 9.32 Å². The molecule has 0 unspecified atom stereocenters. The van der Waals surface area contributed by atoms with Crippen LogP contribution in [-0.4, -0.2) is 0 Å². The summed E-state index contributed by atoms with van der Waals surface area (Å²) in [4.78, 5) is 2.47. The summed E-state index contributed by atoms with van der Waals surface area (Å²) < 4.78 is 7.09. The number of aryl methyl sites for hydroxylation is 1. The summed E-state index contributed by atoms with van der Waals surface area (Å²) in [7, 11) is 0. The van der Waals surface area contributed by atoms with Crippen LogP contribution in [0.5, 0.6) is 0 Å². The lowest BCUT2D eigenvalue weighted by molar-refractivity contribution is 0.601. The van der Waals surface area contributed by atoms with Crippen molar-refractivity contribution < 1.29 is 4.42 Å². The van der Waals surface area contributed by atoms with E-state index in [9.17, 15) is 0 Å². The molecule has 0 saturated heterocycles. The van der Waals surface area contributed by atoms with Crippen LogP contribution >= 0.6 is 0 Å². The molecule has 1 heterocycles. The minimum Gasteiger partial charge on any atom is -0.453 e. The van der Waals surface area contributed by atoms with Gasteiger partial charge in [0.15, 0.2) is 5.58 Å². The van der Waals surface area contributed by atoms with E-state index >= 15 is 0 Å². The van der Waals surface area contributed by atoms with E-state index in [1.807, 2.05) is 0 Å². The molecule has 9 aromatic rings. The predicted octanol–water partition coefficient (Wildman–Crippen LogP) is 14.8. The second kappa shape index (κ2) is 11.3. The van der Waals surface area contributed by atoms with Crippen LogP contribution in [-0.2, 0) is 10.8 Å². The summed E-state index contributed by atoms with van der Waals surface area (Å²) in [5, 5.41) is 4.72. The molecule has 264 valence electrons. The molecule has 2 heteroatoms. The van der Waals surface area contributed by atoms with E-state index in [-0.39, 0.29) is 10.8 Å². The van der Waals surface area contributed by atoms with Crippen LogP contribution in [0.1, 0.15) is 55.5 Å². The van der Waals surface area contributed by atoms with Gasteiger partial charge >= 0.3 is 0 Å². The summed E-state index contributed by atoms with van der Waals surface area (Å²) in [6, 6.07) is 57.8. The topological polar surface area (TPSA) is 16.4 Å². The lowest BCUT2D eigenvalue weighted by Gasteiger charge is -2.32. The Morgan fingerprint density at radius 3 is 1.82 bits per heavy atom. The Morgan fingerprint density at radius 2 is 1.00 bits per heavy atom. The van der Waals surface area contributed by atoms with Crippen molar-refractivity contribution in [1.82, 2.24) is 0 Å². The SMILES string of the molecule is Cc1ccccc1N(c1cc2c(c3ccccc13)-c1ccc3c(c1C2(C)C)C(C)(C)c1ccccc1-3)c1cccc2c1oc1c(-c3ccccc3)cccc12. The largest absolute Gasteiger partial charge is 0.453 e. The summed E-state index contributed by atoms with van der Waals surface area (Å²) >= 11 is 0. The minimum atomic E-state index is -0.249. The van der Waals surface area contributed by atoms with Crippen LogP contribution in [0.2, 0.25) is 0 Å². The lowest BCUT2D eigenvalue weighted by atomic mass is 9.72. The zero-order valence-corrected chi connectivity index (χ0v) is 31.9.